The highest BCUT2D eigenvalue weighted by molar-refractivity contribution is 4.63. The fourth-order valence-corrected chi connectivity index (χ4v) is 1.91. The van der Waals surface area contributed by atoms with E-state index in [1.807, 2.05) is 0 Å². The van der Waals surface area contributed by atoms with Gasteiger partial charge in [0.1, 0.15) is 0 Å². The second-order valence-corrected chi connectivity index (χ2v) is 4.52. The molecule has 1 N–H and O–H groups in total. The van der Waals surface area contributed by atoms with Crippen LogP contribution in [0.5, 0.6) is 0 Å². The lowest BCUT2D eigenvalue weighted by Gasteiger charge is -2.10. The summed E-state index contributed by atoms with van der Waals surface area (Å²) in [7, 11) is 0. The molecular formula is C13H27NO2. The topological polar surface area (TPSA) is 30.5 Å². The number of ether oxygens (including phenoxy) is 2. The minimum absolute atomic E-state index is 0.373. The summed E-state index contributed by atoms with van der Waals surface area (Å²) in [6.07, 6.45) is 7.79. The zero-order valence-electron chi connectivity index (χ0n) is 10.7. The molecule has 1 heterocycles. The minimum atomic E-state index is 0.373. The molecule has 0 aromatic rings. The average Bonchev–Trinajstić information content (AvgIpc) is 2.80. The van der Waals surface area contributed by atoms with Gasteiger partial charge in [-0.25, -0.2) is 0 Å². The molecule has 0 radical (unpaired) electrons. The first kappa shape index (κ1) is 13.9. The molecule has 0 bridgehead atoms. The van der Waals surface area contributed by atoms with Crippen molar-refractivity contribution in [3.8, 4) is 0 Å². The van der Waals surface area contributed by atoms with Crippen LogP contribution in [0.15, 0.2) is 0 Å². The highest BCUT2D eigenvalue weighted by Crippen LogP contribution is 2.11. The molecule has 0 aromatic carbocycles. The fourth-order valence-electron chi connectivity index (χ4n) is 1.91. The molecule has 3 nitrogen and oxygen atoms in total. The smallest absolute Gasteiger partial charge is 0.0809 e. The first-order chi connectivity index (χ1) is 7.93. The highest BCUT2D eigenvalue weighted by Gasteiger charge is 2.14. The SMILES string of the molecule is CCCCCNCCCOCC1CCCO1. The quantitative estimate of drug-likeness (QED) is 0.583. The Morgan fingerprint density at radius 1 is 1.25 bits per heavy atom. The van der Waals surface area contributed by atoms with E-state index in [2.05, 4.69) is 12.2 Å². The van der Waals surface area contributed by atoms with Gasteiger partial charge in [0.25, 0.3) is 0 Å². The molecule has 1 atom stereocenters. The van der Waals surface area contributed by atoms with Crippen molar-refractivity contribution < 1.29 is 9.47 Å². The molecule has 1 rings (SSSR count). The van der Waals surface area contributed by atoms with Gasteiger partial charge in [-0.2, -0.15) is 0 Å². The van der Waals surface area contributed by atoms with E-state index in [0.717, 1.165) is 39.3 Å². The summed E-state index contributed by atoms with van der Waals surface area (Å²) in [5.74, 6) is 0. The summed E-state index contributed by atoms with van der Waals surface area (Å²) >= 11 is 0. The van der Waals surface area contributed by atoms with Crippen molar-refractivity contribution in [3.63, 3.8) is 0 Å². The third-order valence-electron chi connectivity index (χ3n) is 2.93. The number of hydrogen-bond acceptors (Lipinski definition) is 3. The maximum atomic E-state index is 5.58. The Bertz CT molecular complexity index is 147. The van der Waals surface area contributed by atoms with E-state index in [1.165, 1.54) is 32.1 Å². The van der Waals surface area contributed by atoms with E-state index in [-0.39, 0.29) is 0 Å². The predicted octanol–water partition coefficient (Wildman–Crippen LogP) is 2.35. The van der Waals surface area contributed by atoms with Gasteiger partial charge >= 0.3 is 0 Å². The van der Waals surface area contributed by atoms with Crippen molar-refractivity contribution >= 4 is 0 Å². The highest BCUT2D eigenvalue weighted by atomic mass is 16.5. The molecule has 16 heavy (non-hydrogen) atoms. The molecule has 1 unspecified atom stereocenters. The van der Waals surface area contributed by atoms with Crippen molar-refractivity contribution in [1.82, 2.24) is 5.32 Å². The summed E-state index contributed by atoms with van der Waals surface area (Å²) in [4.78, 5) is 0. The van der Waals surface area contributed by atoms with Crippen LogP contribution in [0.2, 0.25) is 0 Å². The zero-order valence-corrected chi connectivity index (χ0v) is 10.7. The number of hydrogen-bond donors (Lipinski definition) is 1. The first-order valence-corrected chi connectivity index (χ1v) is 6.83. The molecular weight excluding hydrogens is 202 g/mol. The molecule has 0 amide bonds. The molecule has 0 spiro atoms. The molecule has 1 aliphatic rings. The third-order valence-corrected chi connectivity index (χ3v) is 2.93. The second-order valence-electron chi connectivity index (χ2n) is 4.52. The van der Waals surface area contributed by atoms with Crippen molar-refractivity contribution in [3.05, 3.63) is 0 Å². The van der Waals surface area contributed by atoms with Crippen molar-refractivity contribution in [1.29, 1.82) is 0 Å². The van der Waals surface area contributed by atoms with Crippen LogP contribution in [-0.2, 0) is 9.47 Å². The van der Waals surface area contributed by atoms with Crippen LogP contribution in [-0.4, -0.2) is 39.0 Å². The van der Waals surface area contributed by atoms with Gasteiger partial charge in [0.05, 0.1) is 12.7 Å². The Morgan fingerprint density at radius 2 is 2.12 bits per heavy atom. The van der Waals surface area contributed by atoms with Crippen LogP contribution in [0.4, 0.5) is 0 Å². The third kappa shape index (κ3) is 7.20. The minimum Gasteiger partial charge on any atom is -0.379 e. The van der Waals surface area contributed by atoms with Gasteiger partial charge in [0.15, 0.2) is 0 Å². The number of nitrogens with one attached hydrogen (secondary N) is 1. The molecule has 96 valence electrons. The lowest BCUT2D eigenvalue weighted by Crippen LogP contribution is -2.20. The number of rotatable bonds is 10. The Kier molecular flexibility index (Phi) is 8.77. The van der Waals surface area contributed by atoms with Crippen LogP contribution >= 0.6 is 0 Å². The Hall–Kier alpha value is -0.120. The molecule has 1 saturated heterocycles. The van der Waals surface area contributed by atoms with Crippen LogP contribution in [0.3, 0.4) is 0 Å². The Labute approximate surface area is 99.9 Å². The van der Waals surface area contributed by atoms with Crippen molar-refractivity contribution in [2.75, 3.05) is 32.9 Å². The maximum Gasteiger partial charge on any atom is 0.0809 e. The van der Waals surface area contributed by atoms with Crippen molar-refractivity contribution in [2.24, 2.45) is 0 Å². The first-order valence-electron chi connectivity index (χ1n) is 6.83. The second kappa shape index (κ2) is 10.1. The molecule has 0 aliphatic carbocycles. The van der Waals surface area contributed by atoms with E-state index in [4.69, 9.17) is 9.47 Å². The van der Waals surface area contributed by atoms with Gasteiger partial charge < -0.3 is 14.8 Å². The molecule has 0 saturated carbocycles. The average molecular weight is 229 g/mol. The van der Waals surface area contributed by atoms with Gasteiger partial charge in [-0.05, 0) is 38.8 Å². The normalized spacial score (nSPS) is 20.4. The Morgan fingerprint density at radius 3 is 2.88 bits per heavy atom. The molecule has 3 heteroatoms. The van der Waals surface area contributed by atoms with Crippen LogP contribution in [0, 0.1) is 0 Å². The van der Waals surface area contributed by atoms with Crippen LogP contribution < -0.4 is 5.32 Å². The molecule has 1 aliphatic heterocycles. The van der Waals surface area contributed by atoms with Gasteiger partial charge in [0.2, 0.25) is 0 Å². The Balaban J connectivity index is 1.71. The fraction of sp³-hybridized carbons (Fsp3) is 1.00. The van der Waals surface area contributed by atoms with E-state index in [9.17, 15) is 0 Å². The summed E-state index contributed by atoms with van der Waals surface area (Å²) in [5, 5.41) is 3.44. The van der Waals surface area contributed by atoms with E-state index >= 15 is 0 Å². The largest absolute Gasteiger partial charge is 0.379 e. The number of unbranched alkanes of at least 4 members (excludes halogenated alkanes) is 2. The lowest BCUT2D eigenvalue weighted by atomic mass is 10.2. The molecule has 1 fully saturated rings. The summed E-state index contributed by atoms with van der Waals surface area (Å²) in [5.41, 5.74) is 0. The van der Waals surface area contributed by atoms with Gasteiger partial charge in [-0.1, -0.05) is 19.8 Å². The standard InChI is InChI=1S/C13H27NO2/c1-2-3-4-8-14-9-6-10-15-12-13-7-5-11-16-13/h13-14H,2-12H2,1H3. The van der Waals surface area contributed by atoms with E-state index in [1.54, 1.807) is 0 Å². The maximum absolute atomic E-state index is 5.58. The summed E-state index contributed by atoms with van der Waals surface area (Å²) < 4.78 is 11.1. The monoisotopic (exact) mass is 229 g/mol. The summed E-state index contributed by atoms with van der Waals surface area (Å²) in [6, 6.07) is 0. The van der Waals surface area contributed by atoms with Crippen molar-refractivity contribution in [2.45, 2.75) is 51.6 Å². The van der Waals surface area contributed by atoms with E-state index < -0.39 is 0 Å². The van der Waals surface area contributed by atoms with Gasteiger partial charge in [0, 0.05) is 13.2 Å². The van der Waals surface area contributed by atoms with Gasteiger partial charge in [-0.3, -0.25) is 0 Å². The summed E-state index contributed by atoms with van der Waals surface area (Å²) in [6.45, 7) is 7.04. The lowest BCUT2D eigenvalue weighted by molar-refractivity contribution is 0.0166. The van der Waals surface area contributed by atoms with Crippen LogP contribution in [0.1, 0.15) is 45.4 Å². The van der Waals surface area contributed by atoms with E-state index in [0.29, 0.717) is 6.10 Å². The predicted molar refractivity (Wildman–Crippen MR) is 66.8 cm³/mol. The van der Waals surface area contributed by atoms with Gasteiger partial charge in [-0.15, -0.1) is 0 Å². The van der Waals surface area contributed by atoms with Crippen LogP contribution in [0.25, 0.3) is 0 Å². The zero-order chi connectivity index (χ0) is 11.5. The molecule has 0 aromatic heterocycles.